The van der Waals surface area contributed by atoms with Crippen molar-refractivity contribution in [1.29, 1.82) is 0 Å². The van der Waals surface area contributed by atoms with Crippen molar-refractivity contribution in [3.63, 3.8) is 0 Å². The Hall–Kier alpha value is -5.35. The van der Waals surface area contributed by atoms with Crippen molar-refractivity contribution in [3.05, 3.63) is 69.2 Å². The molecular formula is C49H57ClF2N10O4. The average molecular weight is 924 g/mol. The first-order valence-corrected chi connectivity index (χ1v) is 24.2. The number of nitrogens with one attached hydrogen (secondary N) is 3. The summed E-state index contributed by atoms with van der Waals surface area (Å²) in [5.74, 6) is -1.97. The van der Waals surface area contributed by atoms with Crippen molar-refractivity contribution in [2.24, 2.45) is 31.3 Å². The van der Waals surface area contributed by atoms with Crippen LogP contribution < -0.4 is 31.1 Å². The lowest BCUT2D eigenvalue weighted by Gasteiger charge is -2.47. The van der Waals surface area contributed by atoms with E-state index in [0.29, 0.717) is 82.0 Å². The van der Waals surface area contributed by atoms with Gasteiger partial charge in [-0.05, 0) is 137 Å². The van der Waals surface area contributed by atoms with E-state index in [1.807, 2.05) is 23.9 Å². The molecule has 0 radical (unpaired) electrons. The first-order valence-electron chi connectivity index (χ1n) is 23.8. The largest absolute Gasteiger partial charge is 0.480 e. The lowest BCUT2D eigenvalue weighted by Crippen LogP contribution is -2.44. The summed E-state index contributed by atoms with van der Waals surface area (Å²) < 4.78 is 39.3. The molecule has 14 nitrogen and oxygen atoms in total. The Morgan fingerprint density at radius 3 is 2.41 bits per heavy atom. The standard InChI is InChI=1S/C49H57ClF2N10O4/c1-59-37-9-6-32(24-35(37)41-42(46(59)65)66-27-49(51,52)43(56-41)30-3-4-30)54-44-36(50)25-53-47(57-44)62-21-17-48(18-22-62)15-11-28(12-16-48)26-61-19-13-29(14-20-61)31-5-7-33-38(23-31)60(2)58-40(33)34-8-10-39(63)55-45(34)64/h5-7,9,23-25,28-30,34,43,56H,3-4,8,10-22,26-27H2,1-2H3,(H,53,54,57)(H,55,63,64)/t34?,43-/m0/s1. The van der Waals surface area contributed by atoms with Gasteiger partial charge in [0.15, 0.2) is 12.4 Å². The molecule has 3 saturated heterocycles. The third-order valence-electron chi connectivity index (χ3n) is 15.9. The van der Waals surface area contributed by atoms with E-state index in [1.54, 1.807) is 19.3 Å². The molecule has 4 aliphatic heterocycles. The van der Waals surface area contributed by atoms with Crippen molar-refractivity contribution >= 4 is 68.4 Å². The van der Waals surface area contributed by atoms with Crippen LogP contribution in [0.5, 0.6) is 5.75 Å². The zero-order valence-corrected chi connectivity index (χ0v) is 38.3. The summed E-state index contributed by atoms with van der Waals surface area (Å²) in [6.45, 7) is 4.26. The van der Waals surface area contributed by atoms with Crippen molar-refractivity contribution in [1.82, 2.24) is 34.5 Å². The van der Waals surface area contributed by atoms with Gasteiger partial charge >= 0.3 is 5.92 Å². The Morgan fingerprint density at radius 1 is 0.894 bits per heavy atom. The zero-order valence-electron chi connectivity index (χ0n) is 37.6. The SMILES string of the molecule is Cn1nc(C2CCC(=O)NC2=O)c2ccc(C3CCN(CC4CCC5(CC4)CCN(c4ncc(Cl)c(Nc6ccc7c(c6)c6c(c(=O)n7C)OCC(F)(F)[C@H](C7CC7)N6)n4)CC5)CC3)cc21. The third kappa shape index (κ3) is 8.05. The minimum absolute atomic E-state index is 0.0945. The molecule has 66 heavy (non-hydrogen) atoms. The number of pyridine rings is 1. The molecule has 1 spiro atoms. The van der Waals surface area contributed by atoms with Crippen LogP contribution in [0, 0.1) is 17.3 Å². The number of benzene rings is 2. The number of rotatable bonds is 8. The number of piperidine rings is 3. The second kappa shape index (κ2) is 16.8. The van der Waals surface area contributed by atoms with E-state index in [9.17, 15) is 14.4 Å². The van der Waals surface area contributed by atoms with Gasteiger partial charge in [0.25, 0.3) is 5.56 Å². The van der Waals surface area contributed by atoms with Crippen LogP contribution in [-0.4, -0.2) is 92.3 Å². The second-order valence-electron chi connectivity index (χ2n) is 20.1. The fourth-order valence-corrected chi connectivity index (χ4v) is 11.9. The maximum atomic E-state index is 15.2. The molecule has 6 aliphatic rings. The van der Waals surface area contributed by atoms with E-state index in [-0.39, 0.29) is 23.5 Å². The molecule has 3 N–H and O–H groups in total. The minimum Gasteiger partial charge on any atom is -0.480 e. The van der Waals surface area contributed by atoms with Crippen molar-refractivity contribution < 1.29 is 23.1 Å². The summed E-state index contributed by atoms with van der Waals surface area (Å²) >= 11 is 6.68. The number of fused-ring (bicyclic) bond motifs is 4. The average Bonchev–Trinajstić information content (AvgIpc) is 4.12. The van der Waals surface area contributed by atoms with Crippen molar-refractivity contribution in [3.8, 4) is 5.75 Å². The second-order valence-corrected chi connectivity index (χ2v) is 20.5. The lowest BCUT2D eigenvalue weighted by molar-refractivity contribution is -0.134. The van der Waals surface area contributed by atoms with Gasteiger partial charge in [-0.25, -0.2) is 13.8 Å². The number of amides is 2. The summed E-state index contributed by atoms with van der Waals surface area (Å²) in [5.41, 5.74) is 4.54. The van der Waals surface area contributed by atoms with Gasteiger partial charge in [-0.15, -0.1) is 0 Å². The van der Waals surface area contributed by atoms with Gasteiger partial charge in [-0.2, -0.15) is 10.1 Å². The van der Waals surface area contributed by atoms with Crippen LogP contribution >= 0.6 is 11.6 Å². The summed E-state index contributed by atoms with van der Waals surface area (Å²) in [5, 5.41) is 15.6. The number of carbonyl (C=O) groups excluding carboxylic acids is 2. The number of hydrogen-bond donors (Lipinski definition) is 3. The van der Waals surface area contributed by atoms with E-state index in [2.05, 4.69) is 48.9 Å². The number of imide groups is 1. The normalized spacial score (nSPS) is 23.9. The number of ether oxygens (including phenoxy) is 1. The van der Waals surface area contributed by atoms with E-state index < -0.39 is 30.0 Å². The quantitative estimate of drug-likeness (QED) is 0.130. The molecule has 5 fully saturated rings. The third-order valence-corrected chi connectivity index (χ3v) is 16.2. The van der Waals surface area contributed by atoms with Crippen LogP contribution in [0.25, 0.3) is 21.8 Å². The lowest BCUT2D eigenvalue weighted by atomic mass is 9.65. The number of halogens is 3. The number of anilines is 4. The monoisotopic (exact) mass is 922 g/mol. The molecule has 11 rings (SSSR count). The highest BCUT2D eigenvalue weighted by Gasteiger charge is 2.51. The summed E-state index contributed by atoms with van der Waals surface area (Å²) in [6, 6.07) is 10.9. The fourth-order valence-electron chi connectivity index (χ4n) is 11.8. The van der Waals surface area contributed by atoms with Gasteiger partial charge in [0.05, 0.1) is 40.6 Å². The van der Waals surface area contributed by atoms with Gasteiger partial charge in [0, 0.05) is 56.6 Å². The van der Waals surface area contributed by atoms with E-state index in [0.717, 1.165) is 68.5 Å². The van der Waals surface area contributed by atoms with Crippen LogP contribution in [-0.2, 0) is 23.7 Å². The Bertz CT molecular complexity index is 2780. The topological polar surface area (TPSA) is 152 Å². The molecule has 2 aromatic carbocycles. The van der Waals surface area contributed by atoms with Crippen molar-refractivity contribution in [2.45, 2.75) is 101 Å². The fraction of sp³-hybridized carbons (Fsp3) is 0.551. The number of aryl methyl sites for hydroxylation is 2. The van der Waals surface area contributed by atoms with Crippen LogP contribution in [0.3, 0.4) is 0 Å². The first-order chi connectivity index (χ1) is 31.8. The van der Waals surface area contributed by atoms with Crippen LogP contribution in [0.15, 0.2) is 47.4 Å². The van der Waals surface area contributed by atoms with Crippen LogP contribution in [0.2, 0.25) is 5.02 Å². The molecule has 3 aromatic heterocycles. The highest BCUT2D eigenvalue weighted by atomic mass is 35.5. The van der Waals surface area contributed by atoms with E-state index in [4.69, 9.17) is 26.4 Å². The molecule has 0 bridgehead atoms. The molecule has 2 aliphatic carbocycles. The number of aromatic nitrogens is 5. The number of hydrogen-bond acceptors (Lipinski definition) is 11. The highest BCUT2D eigenvalue weighted by Crippen LogP contribution is 2.48. The molecule has 17 heteroatoms. The van der Waals surface area contributed by atoms with Gasteiger partial charge in [0.1, 0.15) is 5.02 Å². The summed E-state index contributed by atoms with van der Waals surface area (Å²) in [4.78, 5) is 52.1. The van der Waals surface area contributed by atoms with Gasteiger partial charge < -0.3 is 29.7 Å². The maximum Gasteiger partial charge on any atom is 0.301 e. The van der Waals surface area contributed by atoms with Crippen LogP contribution in [0.1, 0.15) is 100 Å². The summed E-state index contributed by atoms with van der Waals surface area (Å²) in [7, 11) is 3.56. The molecule has 2 amide bonds. The predicted octanol–water partition coefficient (Wildman–Crippen LogP) is 8.01. The maximum absolute atomic E-state index is 15.2. The van der Waals surface area contributed by atoms with Gasteiger partial charge in [-0.1, -0.05) is 23.7 Å². The Labute approximate surface area is 386 Å². The molecule has 7 heterocycles. The van der Waals surface area contributed by atoms with E-state index >= 15 is 8.78 Å². The highest BCUT2D eigenvalue weighted by molar-refractivity contribution is 6.33. The zero-order chi connectivity index (χ0) is 45.5. The predicted molar refractivity (Wildman–Crippen MR) is 250 cm³/mol. The number of likely N-dealkylation sites (tertiary alicyclic amines) is 1. The molecule has 5 aromatic rings. The van der Waals surface area contributed by atoms with Gasteiger partial charge in [-0.3, -0.25) is 24.4 Å². The van der Waals surface area contributed by atoms with Crippen LogP contribution in [0.4, 0.5) is 31.9 Å². The Balaban J connectivity index is 0.686. The first kappa shape index (κ1) is 43.2. The minimum atomic E-state index is -3.12. The summed E-state index contributed by atoms with van der Waals surface area (Å²) in [6.07, 6.45) is 13.3. The van der Waals surface area contributed by atoms with Crippen molar-refractivity contribution in [2.75, 3.05) is 54.9 Å². The van der Waals surface area contributed by atoms with E-state index in [1.165, 1.54) is 42.4 Å². The number of carbonyl (C=O) groups is 2. The van der Waals surface area contributed by atoms with Gasteiger partial charge in [0.2, 0.25) is 23.5 Å². The molecule has 2 atom stereocenters. The molecular weight excluding hydrogens is 866 g/mol. The molecule has 348 valence electrons. The number of alkyl halides is 2. The Morgan fingerprint density at radius 2 is 1.67 bits per heavy atom. The smallest absolute Gasteiger partial charge is 0.301 e. The number of nitrogens with zero attached hydrogens (tertiary/aromatic N) is 7. The molecule has 1 unspecified atom stereocenters. The molecule has 2 saturated carbocycles. The Kier molecular flexibility index (Phi) is 11.0.